The van der Waals surface area contributed by atoms with Gasteiger partial charge in [0.1, 0.15) is 0 Å². The molecule has 23 heavy (non-hydrogen) atoms. The Labute approximate surface area is 141 Å². The molecular weight excluding hydrogens is 310 g/mol. The molecule has 0 radical (unpaired) electrons. The molecule has 0 unspecified atom stereocenters. The van der Waals surface area contributed by atoms with E-state index in [0.717, 1.165) is 40.5 Å². The molecule has 0 atom stereocenters. The van der Waals surface area contributed by atoms with Gasteiger partial charge in [0.2, 0.25) is 0 Å². The SMILES string of the molecule is CCCCNC(=O)c1cc(-c2csc(C)n2)n(CCOC)c1C. The van der Waals surface area contributed by atoms with Crippen molar-refractivity contribution in [1.82, 2.24) is 14.9 Å². The first-order valence-corrected chi connectivity index (χ1v) is 8.86. The van der Waals surface area contributed by atoms with E-state index in [0.29, 0.717) is 19.7 Å². The summed E-state index contributed by atoms with van der Waals surface area (Å²) in [6.45, 7) is 8.10. The summed E-state index contributed by atoms with van der Waals surface area (Å²) in [5, 5.41) is 6.05. The molecule has 1 N–H and O–H groups in total. The highest BCUT2D eigenvalue weighted by atomic mass is 32.1. The smallest absolute Gasteiger partial charge is 0.253 e. The van der Waals surface area contributed by atoms with Gasteiger partial charge in [0.15, 0.2) is 0 Å². The molecule has 2 heterocycles. The van der Waals surface area contributed by atoms with E-state index in [-0.39, 0.29) is 5.91 Å². The normalized spacial score (nSPS) is 11.0. The first-order chi connectivity index (χ1) is 11.1. The van der Waals surface area contributed by atoms with Crippen LogP contribution in [0.2, 0.25) is 0 Å². The highest BCUT2D eigenvalue weighted by Crippen LogP contribution is 2.27. The highest BCUT2D eigenvalue weighted by Gasteiger charge is 2.19. The third kappa shape index (κ3) is 4.20. The summed E-state index contributed by atoms with van der Waals surface area (Å²) in [7, 11) is 1.68. The Morgan fingerprint density at radius 1 is 1.43 bits per heavy atom. The molecular formula is C17H25N3O2S. The van der Waals surface area contributed by atoms with Crippen LogP contribution in [0.25, 0.3) is 11.4 Å². The number of ether oxygens (including phenoxy) is 1. The molecule has 2 aromatic heterocycles. The van der Waals surface area contributed by atoms with Gasteiger partial charge in [-0.2, -0.15) is 0 Å². The molecule has 0 bridgehead atoms. The Bertz CT molecular complexity index is 661. The third-order valence-electron chi connectivity index (χ3n) is 3.83. The van der Waals surface area contributed by atoms with E-state index >= 15 is 0 Å². The molecule has 6 heteroatoms. The number of carbonyl (C=O) groups is 1. The van der Waals surface area contributed by atoms with E-state index < -0.39 is 0 Å². The summed E-state index contributed by atoms with van der Waals surface area (Å²) < 4.78 is 7.32. The minimum atomic E-state index is -0.0136. The topological polar surface area (TPSA) is 56.2 Å². The second kappa shape index (κ2) is 8.26. The van der Waals surface area contributed by atoms with Crippen molar-refractivity contribution in [3.63, 3.8) is 0 Å². The Balaban J connectivity index is 2.33. The van der Waals surface area contributed by atoms with Gasteiger partial charge in [-0.25, -0.2) is 4.98 Å². The number of amides is 1. The molecule has 0 fully saturated rings. The van der Waals surface area contributed by atoms with Crippen molar-refractivity contribution in [3.8, 4) is 11.4 Å². The number of aromatic nitrogens is 2. The first-order valence-electron chi connectivity index (χ1n) is 7.98. The van der Waals surface area contributed by atoms with Gasteiger partial charge in [0.25, 0.3) is 5.91 Å². The summed E-state index contributed by atoms with van der Waals surface area (Å²) in [6.07, 6.45) is 2.06. The molecule has 2 rings (SSSR count). The predicted molar refractivity (Wildman–Crippen MR) is 94.1 cm³/mol. The van der Waals surface area contributed by atoms with Crippen molar-refractivity contribution >= 4 is 17.2 Å². The van der Waals surface area contributed by atoms with Crippen molar-refractivity contribution in [2.24, 2.45) is 0 Å². The van der Waals surface area contributed by atoms with Crippen LogP contribution < -0.4 is 5.32 Å². The summed E-state index contributed by atoms with van der Waals surface area (Å²) in [4.78, 5) is 17.0. The van der Waals surface area contributed by atoms with Gasteiger partial charge in [-0.1, -0.05) is 13.3 Å². The lowest BCUT2D eigenvalue weighted by Gasteiger charge is -2.10. The van der Waals surface area contributed by atoms with Crippen LogP contribution >= 0.6 is 11.3 Å². The van der Waals surface area contributed by atoms with Gasteiger partial charge in [-0.15, -0.1) is 11.3 Å². The Morgan fingerprint density at radius 3 is 2.83 bits per heavy atom. The molecule has 0 aliphatic rings. The van der Waals surface area contributed by atoms with Gasteiger partial charge in [-0.3, -0.25) is 4.79 Å². The van der Waals surface area contributed by atoms with Gasteiger partial charge in [0.05, 0.1) is 28.6 Å². The van der Waals surface area contributed by atoms with Crippen LogP contribution in [-0.2, 0) is 11.3 Å². The van der Waals surface area contributed by atoms with E-state index in [1.165, 1.54) is 0 Å². The lowest BCUT2D eigenvalue weighted by atomic mass is 10.2. The number of thiazole rings is 1. The number of methoxy groups -OCH3 is 1. The average Bonchev–Trinajstić information content (AvgIpc) is 3.09. The summed E-state index contributed by atoms with van der Waals surface area (Å²) in [5.41, 5.74) is 3.57. The first kappa shape index (κ1) is 17.7. The fraction of sp³-hybridized carbons (Fsp3) is 0.529. The zero-order valence-electron chi connectivity index (χ0n) is 14.3. The number of rotatable bonds is 8. The van der Waals surface area contributed by atoms with Gasteiger partial charge < -0.3 is 14.6 Å². The van der Waals surface area contributed by atoms with Gasteiger partial charge in [-0.05, 0) is 26.3 Å². The lowest BCUT2D eigenvalue weighted by Crippen LogP contribution is -2.24. The number of aryl methyl sites for hydroxylation is 1. The third-order valence-corrected chi connectivity index (χ3v) is 4.60. The van der Waals surface area contributed by atoms with Crippen LogP contribution in [0.4, 0.5) is 0 Å². The zero-order valence-corrected chi connectivity index (χ0v) is 15.1. The molecule has 0 spiro atoms. The van der Waals surface area contributed by atoms with Crippen molar-refractivity contribution < 1.29 is 9.53 Å². The van der Waals surface area contributed by atoms with Crippen LogP contribution in [-0.4, -0.2) is 35.7 Å². The molecule has 0 saturated heterocycles. The van der Waals surface area contributed by atoms with Crippen LogP contribution in [0, 0.1) is 13.8 Å². The summed E-state index contributed by atoms with van der Waals surface area (Å²) in [6, 6.07) is 1.95. The second-order valence-electron chi connectivity index (χ2n) is 5.53. The highest BCUT2D eigenvalue weighted by molar-refractivity contribution is 7.09. The number of carbonyl (C=O) groups excluding carboxylic acids is 1. The van der Waals surface area contributed by atoms with Crippen LogP contribution in [0.5, 0.6) is 0 Å². The number of hydrogen-bond donors (Lipinski definition) is 1. The van der Waals surface area contributed by atoms with Gasteiger partial charge >= 0.3 is 0 Å². The number of nitrogens with zero attached hydrogens (tertiary/aromatic N) is 2. The van der Waals surface area contributed by atoms with E-state index in [2.05, 4.69) is 21.8 Å². The van der Waals surface area contributed by atoms with Crippen molar-refractivity contribution in [2.75, 3.05) is 20.3 Å². The lowest BCUT2D eigenvalue weighted by molar-refractivity contribution is 0.0952. The minimum absolute atomic E-state index is 0.0136. The van der Waals surface area contributed by atoms with Crippen LogP contribution in [0.15, 0.2) is 11.4 Å². The molecule has 0 aromatic carbocycles. The van der Waals surface area contributed by atoms with Gasteiger partial charge in [0, 0.05) is 31.3 Å². The molecule has 2 aromatic rings. The fourth-order valence-corrected chi connectivity index (χ4v) is 3.12. The Morgan fingerprint density at radius 2 is 2.22 bits per heavy atom. The quantitative estimate of drug-likeness (QED) is 0.752. The standard InChI is InChI=1S/C17H25N3O2S/c1-5-6-7-18-17(21)14-10-16(15-11-23-13(3)19-15)20(12(14)2)8-9-22-4/h10-11H,5-9H2,1-4H3,(H,18,21). The fourth-order valence-electron chi connectivity index (χ4n) is 2.51. The second-order valence-corrected chi connectivity index (χ2v) is 6.60. The largest absolute Gasteiger partial charge is 0.383 e. The van der Waals surface area contributed by atoms with Crippen LogP contribution in [0.3, 0.4) is 0 Å². The summed E-state index contributed by atoms with van der Waals surface area (Å²) >= 11 is 1.62. The monoisotopic (exact) mass is 335 g/mol. The predicted octanol–water partition coefficient (Wildman–Crippen LogP) is 3.40. The molecule has 126 valence electrons. The van der Waals surface area contributed by atoms with E-state index in [9.17, 15) is 4.79 Å². The van der Waals surface area contributed by atoms with E-state index in [1.807, 2.05) is 25.3 Å². The van der Waals surface area contributed by atoms with Crippen molar-refractivity contribution in [2.45, 2.75) is 40.2 Å². The van der Waals surface area contributed by atoms with E-state index in [4.69, 9.17) is 4.74 Å². The minimum Gasteiger partial charge on any atom is -0.383 e. The maximum atomic E-state index is 12.4. The maximum Gasteiger partial charge on any atom is 0.253 e. The molecule has 0 aliphatic heterocycles. The average molecular weight is 335 g/mol. The molecule has 5 nitrogen and oxygen atoms in total. The number of hydrogen-bond acceptors (Lipinski definition) is 4. The Kier molecular flexibility index (Phi) is 6.36. The molecule has 0 aliphatic carbocycles. The summed E-state index contributed by atoms with van der Waals surface area (Å²) in [5.74, 6) is -0.0136. The zero-order chi connectivity index (χ0) is 16.8. The number of nitrogens with one attached hydrogen (secondary N) is 1. The van der Waals surface area contributed by atoms with E-state index in [1.54, 1.807) is 18.4 Å². The molecule has 1 amide bonds. The Hall–Kier alpha value is -1.66. The number of unbranched alkanes of at least 4 members (excludes halogenated alkanes) is 1. The van der Waals surface area contributed by atoms with Crippen LogP contribution in [0.1, 0.15) is 40.8 Å². The van der Waals surface area contributed by atoms with Crippen molar-refractivity contribution in [1.29, 1.82) is 0 Å². The molecule has 0 saturated carbocycles. The van der Waals surface area contributed by atoms with Crippen molar-refractivity contribution in [3.05, 3.63) is 27.7 Å². The maximum absolute atomic E-state index is 12.4.